The number of methoxy groups -OCH3 is 1. The minimum Gasteiger partial charge on any atom is -0.497 e. The molecule has 1 aromatic heterocycles. The molecule has 2 heterocycles. The highest BCUT2D eigenvalue weighted by molar-refractivity contribution is 7.99. The first-order valence-electron chi connectivity index (χ1n) is 11.3. The maximum atomic E-state index is 13.4. The number of aryl methyl sites for hydroxylation is 1. The molecule has 182 valence electrons. The summed E-state index contributed by atoms with van der Waals surface area (Å²) in [4.78, 5) is 36.0. The van der Waals surface area contributed by atoms with E-state index in [-0.39, 0.29) is 17.2 Å². The van der Waals surface area contributed by atoms with E-state index < -0.39 is 5.54 Å². The Hall–Kier alpha value is -2.97. The number of allylic oxidation sites excluding steroid dienone is 1. The summed E-state index contributed by atoms with van der Waals surface area (Å²) in [5.74, 6) is 1.42. The Balaban J connectivity index is 1.49. The van der Waals surface area contributed by atoms with E-state index in [1.54, 1.807) is 18.9 Å². The third-order valence-corrected chi connectivity index (χ3v) is 7.68. The van der Waals surface area contributed by atoms with Crippen molar-refractivity contribution in [2.75, 3.05) is 17.8 Å². The van der Waals surface area contributed by atoms with Gasteiger partial charge in [-0.25, -0.2) is 4.98 Å². The Labute approximate surface area is 214 Å². The molecule has 0 aliphatic carbocycles. The molecule has 1 amide bonds. The molecule has 35 heavy (non-hydrogen) atoms. The van der Waals surface area contributed by atoms with Gasteiger partial charge in [-0.1, -0.05) is 35.5 Å². The molecule has 1 aliphatic heterocycles. The van der Waals surface area contributed by atoms with Gasteiger partial charge in [-0.15, -0.1) is 11.8 Å². The van der Waals surface area contributed by atoms with Crippen LogP contribution in [0.4, 0.5) is 5.69 Å². The first-order valence-corrected chi connectivity index (χ1v) is 13.3. The van der Waals surface area contributed by atoms with Crippen LogP contribution >= 0.6 is 23.5 Å². The van der Waals surface area contributed by atoms with Gasteiger partial charge in [0.2, 0.25) is 5.91 Å². The molecular formula is C27H29N3O3S2. The fourth-order valence-electron chi connectivity index (χ4n) is 4.20. The molecule has 1 N–H and O–H groups in total. The van der Waals surface area contributed by atoms with E-state index in [1.165, 1.54) is 23.4 Å². The zero-order valence-electron chi connectivity index (χ0n) is 20.5. The van der Waals surface area contributed by atoms with Crippen LogP contribution in [-0.4, -0.2) is 34.3 Å². The molecule has 0 saturated heterocycles. The number of carbonyl (C=O) groups excluding carboxylic acids is 1. The van der Waals surface area contributed by atoms with E-state index in [1.807, 2.05) is 43.9 Å². The van der Waals surface area contributed by atoms with E-state index in [0.717, 1.165) is 27.5 Å². The highest BCUT2D eigenvalue weighted by Gasteiger charge is 2.35. The number of H-pyrrole nitrogens is 1. The fraction of sp³-hybridized carbons (Fsp3) is 0.296. The molecular weight excluding hydrogens is 478 g/mol. The van der Waals surface area contributed by atoms with Crippen LogP contribution in [0.25, 0.3) is 5.57 Å². The van der Waals surface area contributed by atoms with Crippen molar-refractivity contribution in [3.63, 3.8) is 0 Å². The second-order valence-corrected chi connectivity index (χ2v) is 11.0. The number of hydrogen-bond donors (Lipinski definition) is 1. The van der Waals surface area contributed by atoms with Gasteiger partial charge in [0, 0.05) is 22.3 Å². The summed E-state index contributed by atoms with van der Waals surface area (Å²) in [6.07, 6.45) is 2.10. The number of ether oxygens (including phenoxy) is 1. The number of hydrogen-bond acceptors (Lipinski definition) is 6. The third-order valence-electron chi connectivity index (χ3n) is 5.78. The average Bonchev–Trinajstić information content (AvgIpc) is 2.81. The molecule has 0 fully saturated rings. The van der Waals surface area contributed by atoms with Gasteiger partial charge in [-0.05, 0) is 63.6 Å². The summed E-state index contributed by atoms with van der Waals surface area (Å²) in [5.41, 5.74) is 4.11. The highest BCUT2D eigenvalue weighted by Crippen LogP contribution is 2.41. The lowest BCUT2D eigenvalue weighted by molar-refractivity contribution is -0.116. The number of nitrogens with zero attached hydrogens (tertiary/aromatic N) is 2. The molecule has 0 bridgehead atoms. The molecule has 8 heteroatoms. The number of amides is 1. The SMILES string of the molecule is COc1ccc2c(c1)C(C)=CC(C)(C)N2C(=O)CSc1nc(CSc2ccc(C)cc2)cc(=O)[nH]1. The van der Waals surface area contributed by atoms with Crippen LogP contribution in [0.3, 0.4) is 0 Å². The highest BCUT2D eigenvalue weighted by atomic mass is 32.2. The van der Waals surface area contributed by atoms with Gasteiger partial charge in [0.1, 0.15) is 5.75 Å². The minimum absolute atomic E-state index is 0.0581. The number of nitrogens with one attached hydrogen (secondary N) is 1. The van der Waals surface area contributed by atoms with Crippen LogP contribution in [0, 0.1) is 6.92 Å². The molecule has 0 atom stereocenters. The van der Waals surface area contributed by atoms with E-state index >= 15 is 0 Å². The normalized spacial score (nSPS) is 14.3. The Kier molecular flexibility index (Phi) is 7.42. The molecule has 2 aromatic carbocycles. The molecule has 1 aliphatic rings. The lowest BCUT2D eigenvalue weighted by Crippen LogP contribution is -2.49. The van der Waals surface area contributed by atoms with Crippen molar-refractivity contribution >= 4 is 40.7 Å². The van der Waals surface area contributed by atoms with Crippen molar-refractivity contribution in [2.45, 2.75) is 49.0 Å². The topological polar surface area (TPSA) is 75.3 Å². The van der Waals surface area contributed by atoms with Crippen LogP contribution in [0.2, 0.25) is 0 Å². The number of rotatable bonds is 7. The summed E-state index contributed by atoms with van der Waals surface area (Å²) >= 11 is 2.87. The van der Waals surface area contributed by atoms with E-state index in [2.05, 4.69) is 47.2 Å². The van der Waals surface area contributed by atoms with Gasteiger partial charge in [0.25, 0.3) is 5.56 Å². The van der Waals surface area contributed by atoms with Gasteiger partial charge in [0.05, 0.1) is 29.8 Å². The number of thioether (sulfide) groups is 2. The Morgan fingerprint density at radius 3 is 2.54 bits per heavy atom. The van der Waals surface area contributed by atoms with Crippen molar-refractivity contribution in [1.29, 1.82) is 0 Å². The van der Waals surface area contributed by atoms with Crippen LogP contribution in [0.15, 0.2) is 69.5 Å². The number of fused-ring (bicyclic) bond motifs is 1. The minimum atomic E-state index is -0.489. The molecule has 0 saturated carbocycles. The van der Waals surface area contributed by atoms with Crippen LogP contribution < -0.4 is 15.2 Å². The van der Waals surface area contributed by atoms with E-state index in [4.69, 9.17) is 4.74 Å². The maximum absolute atomic E-state index is 13.4. The summed E-state index contributed by atoms with van der Waals surface area (Å²) in [6, 6.07) is 15.5. The second-order valence-electron chi connectivity index (χ2n) is 9.03. The van der Waals surface area contributed by atoms with Gasteiger partial charge in [-0.3, -0.25) is 9.59 Å². The van der Waals surface area contributed by atoms with E-state index in [0.29, 0.717) is 16.6 Å². The number of carbonyl (C=O) groups is 1. The molecule has 0 unspecified atom stereocenters. The predicted molar refractivity (Wildman–Crippen MR) is 145 cm³/mol. The van der Waals surface area contributed by atoms with Crippen LogP contribution in [-0.2, 0) is 10.5 Å². The standard InChI is InChI=1S/C27H29N3O3S2/c1-17-6-9-21(10-7-17)34-15-19-12-24(31)29-26(28-19)35-16-25(32)30-23-11-8-20(33-5)13-22(23)18(2)14-27(30,3)4/h6-14H,15-16H2,1-5H3,(H,28,29,31). The Morgan fingerprint density at radius 1 is 1.09 bits per heavy atom. The number of benzene rings is 2. The predicted octanol–water partition coefficient (Wildman–Crippen LogP) is 5.70. The number of anilines is 1. The van der Waals surface area contributed by atoms with Crippen molar-refractivity contribution in [1.82, 2.24) is 9.97 Å². The largest absolute Gasteiger partial charge is 0.497 e. The lowest BCUT2D eigenvalue weighted by Gasteiger charge is -2.41. The maximum Gasteiger partial charge on any atom is 0.251 e. The third kappa shape index (κ3) is 5.82. The summed E-state index contributed by atoms with van der Waals surface area (Å²) in [5, 5.41) is 0.446. The van der Waals surface area contributed by atoms with Crippen molar-refractivity contribution in [3.8, 4) is 5.75 Å². The molecule has 4 rings (SSSR count). The lowest BCUT2D eigenvalue weighted by atomic mass is 9.88. The van der Waals surface area contributed by atoms with Crippen molar-refractivity contribution in [3.05, 3.63) is 81.8 Å². The van der Waals surface area contributed by atoms with Crippen molar-refractivity contribution < 1.29 is 9.53 Å². The van der Waals surface area contributed by atoms with Gasteiger partial charge < -0.3 is 14.6 Å². The molecule has 0 spiro atoms. The Bertz CT molecular complexity index is 1330. The Morgan fingerprint density at radius 2 is 1.83 bits per heavy atom. The smallest absolute Gasteiger partial charge is 0.251 e. The van der Waals surface area contributed by atoms with Gasteiger partial charge in [-0.2, -0.15) is 0 Å². The monoisotopic (exact) mass is 507 g/mol. The molecule has 3 aromatic rings. The summed E-state index contributed by atoms with van der Waals surface area (Å²) in [7, 11) is 1.63. The van der Waals surface area contributed by atoms with Crippen LogP contribution in [0.5, 0.6) is 5.75 Å². The zero-order valence-corrected chi connectivity index (χ0v) is 22.2. The van der Waals surface area contributed by atoms with Gasteiger partial charge in [0.15, 0.2) is 5.16 Å². The number of aromatic nitrogens is 2. The number of aromatic amines is 1. The fourth-order valence-corrected chi connectivity index (χ4v) is 5.74. The first kappa shape index (κ1) is 25.1. The summed E-state index contributed by atoms with van der Waals surface area (Å²) < 4.78 is 5.38. The average molecular weight is 508 g/mol. The van der Waals surface area contributed by atoms with Crippen molar-refractivity contribution in [2.24, 2.45) is 0 Å². The van der Waals surface area contributed by atoms with E-state index in [9.17, 15) is 9.59 Å². The molecule has 0 radical (unpaired) electrons. The first-order chi connectivity index (χ1) is 16.7. The quantitative estimate of drug-likeness (QED) is 0.327. The zero-order chi connectivity index (χ0) is 25.2. The second kappa shape index (κ2) is 10.3. The van der Waals surface area contributed by atoms with Crippen LogP contribution in [0.1, 0.15) is 37.6 Å². The summed E-state index contributed by atoms with van der Waals surface area (Å²) in [6.45, 7) is 8.14. The molecule has 6 nitrogen and oxygen atoms in total. The van der Waals surface area contributed by atoms with Gasteiger partial charge >= 0.3 is 0 Å².